The van der Waals surface area contributed by atoms with Crippen molar-refractivity contribution >= 4 is 17.1 Å². The topological polar surface area (TPSA) is 55.4 Å². The summed E-state index contributed by atoms with van der Waals surface area (Å²) in [5.74, 6) is 1.44. The van der Waals surface area contributed by atoms with Crippen LogP contribution in [0.15, 0.2) is 60.9 Å². The Balaban J connectivity index is 1.83. The number of hydrogen-bond donors (Lipinski definition) is 0. The fourth-order valence-corrected chi connectivity index (χ4v) is 3.42. The van der Waals surface area contributed by atoms with Crippen LogP contribution in [0.5, 0.6) is 0 Å². The van der Waals surface area contributed by atoms with Crippen molar-refractivity contribution < 1.29 is 4.79 Å². The van der Waals surface area contributed by atoms with Crippen molar-refractivity contribution in [2.45, 2.75) is 26.8 Å². The first-order valence-corrected chi connectivity index (χ1v) is 9.33. The van der Waals surface area contributed by atoms with Crippen LogP contribution in [0, 0.1) is 6.92 Å². The van der Waals surface area contributed by atoms with Crippen molar-refractivity contribution in [3.63, 3.8) is 0 Å². The smallest absolute Gasteiger partial charge is 0.278 e. The Morgan fingerprint density at radius 1 is 1.04 bits per heavy atom. The molecule has 0 saturated carbocycles. The highest BCUT2D eigenvalue weighted by atomic mass is 16.2. The number of benzene rings is 1. The van der Waals surface area contributed by atoms with Gasteiger partial charge in [-0.1, -0.05) is 24.3 Å². The molecule has 4 rings (SSSR count). The highest BCUT2D eigenvalue weighted by molar-refractivity contribution is 6.09. The van der Waals surface area contributed by atoms with Gasteiger partial charge in [0.15, 0.2) is 11.5 Å². The third-order valence-corrected chi connectivity index (χ3v) is 4.90. The summed E-state index contributed by atoms with van der Waals surface area (Å²) < 4.78 is 4.04. The summed E-state index contributed by atoms with van der Waals surface area (Å²) in [7, 11) is 1.77. The van der Waals surface area contributed by atoms with Crippen LogP contribution in [-0.4, -0.2) is 31.9 Å². The van der Waals surface area contributed by atoms with Crippen LogP contribution in [-0.2, 0) is 0 Å². The maximum Gasteiger partial charge on any atom is 0.278 e. The SMILES string of the molecule is Cc1nc(-c2nc(C(=O)N(C)c3ccccc3)c3ccccn23)cn1C(C)C. The largest absolute Gasteiger partial charge is 0.332 e. The summed E-state index contributed by atoms with van der Waals surface area (Å²) in [5.41, 5.74) is 2.76. The van der Waals surface area contributed by atoms with Crippen LogP contribution in [0.25, 0.3) is 17.0 Å². The molecule has 28 heavy (non-hydrogen) atoms. The van der Waals surface area contributed by atoms with E-state index in [-0.39, 0.29) is 5.91 Å². The lowest BCUT2D eigenvalue weighted by Crippen LogP contribution is -2.26. The fourth-order valence-electron chi connectivity index (χ4n) is 3.42. The minimum Gasteiger partial charge on any atom is -0.332 e. The minimum atomic E-state index is -0.152. The number of anilines is 1. The van der Waals surface area contributed by atoms with E-state index in [1.54, 1.807) is 11.9 Å². The van der Waals surface area contributed by atoms with Gasteiger partial charge in [-0.25, -0.2) is 9.97 Å². The molecule has 0 aliphatic rings. The van der Waals surface area contributed by atoms with Gasteiger partial charge in [0.2, 0.25) is 0 Å². The molecular formula is C22H23N5O. The zero-order chi connectivity index (χ0) is 19.8. The Morgan fingerprint density at radius 3 is 2.43 bits per heavy atom. The Morgan fingerprint density at radius 2 is 1.75 bits per heavy atom. The molecule has 0 bridgehead atoms. The lowest BCUT2D eigenvalue weighted by Gasteiger charge is -2.16. The van der Waals surface area contributed by atoms with E-state index < -0.39 is 0 Å². The van der Waals surface area contributed by atoms with Gasteiger partial charge in [0, 0.05) is 31.2 Å². The number of carbonyl (C=O) groups excluding carboxylic acids is 1. The van der Waals surface area contributed by atoms with Crippen LogP contribution in [0.4, 0.5) is 5.69 Å². The molecular weight excluding hydrogens is 350 g/mol. The molecule has 6 nitrogen and oxygen atoms in total. The molecule has 0 fully saturated rings. The average Bonchev–Trinajstić information content (AvgIpc) is 3.28. The quantitative estimate of drug-likeness (QED) is 0.534. The van der Waals surface area contributed by atoms with Crippen molar-refractivity contribution in [1.82, 2.24) is 18.9 Å². The average molecular weight is 373 g/mol. The maximum atomic E-state index is 13.2. The van der Waals surface area contributed by atoms with Crippen molar-refractivity contribution in [1.29, 1.82) is 0 Å². The number of carbonyl (C=O) groups is 1. The van der Waals surface area contributed by atoms with Gasteiger partial charge in [0.1, 0.15) is 11.5 Å². The molecule has 0 atom stereocenters. The molecule has 3 aromatic heterocycles. The molecule has 0 saturated heterocycles. The van der Waals surface area contributed by atoms with E-state index in [4.69, 9.17) is 4.98 Å². The second kappa shape index (κ2) is 6.96. The lowest BCUT2D eigenvalue weighted by atomic mass is 10.2. The standard InChI is InChI=1S/C22H23N5O/c1-15(2)27-14-18(23-16(27)3)21-24-20(19-12-8-9-13-26(19)21)22(28)25(4)17-10-6-5-7-11-17/h5-15H,1-4H3. The number of aryl methyl sites for hydroxylation is 1. The van der Waals surface area contributed by atoms with Crippen LogP contribution in [0.1, 0.15) is 36.2 Å². The summed E-state index contributed by atoms with van der Waals surface area (Å²) in [6.07, 6.45) is 3.91. The van der Waals surface area contributed by atoms with Gasteiger partial charge in [-0.3, -0.25) is 9.20 Å². The minimum absolute atomic E-state index is 0.152. The van der Waals surface area contributed by atoms with Crippen molar-refractivity contribution in [2.24, 2.45) is 0 Å². The van der Waals surface area contributed by atoms with Crippen LogP contribution in [0.2, 0.25) is 0 Å². The first-order chi connectivity index (χ1) is 13.5. The lowest BCUT2D eigenvalue weighted by molar-refractivity contribution is 0.0990. The summed E-state index contributed by atoms with van der Waals surface area (Å²) in [6, 6.07) is 15.6. The monoisotopic (exact) mass is 373 g/mol. The molecule has 0 N–H and O–H groups in total. The molecule has 4 aromatic rings. The van der Waals surface area contributed by atoms with E-state index in [0.717, 1.165) is 22.7 Å². The summed E-state index contributed by atoms with van der Waals surface area (Å²) >= 11 is 0. The highest BCUT2D eigenvalue weighted by Crippen LogP contribution is 2.25. The number of rotatable bonds is 4. The first-order valence-electron chi connectivity index (χ1n) is 9.33. The normalized spacial score (nSPS) is 11.3. The second-order valence-electron chi connectivity index (χ2n) is 7.11. The van der Waals surface area contributed by atoms with E-state index in [0.29, 0.717) is 17.6 Å². The zero-order valence-electron chi connectivity index (χ0n) is 16.5. The summed E-state index contributed by atoms with van der Waals surface area (Å²) in [4.78, 5) is 24.2. The fraction of sp³-hybridized carbons (Fsp3) is 0.227. The van der Waals surface area contributed by atoms with Crippen molar-refractivity contribution in [2.75, 3.05) is 11.9 Å². The molecule has 0 spiro atoms. The Bertz CT molecular complexity index is 1140. The van der Waals surface area contributed by atoms with Gasteiger partial charge in [-0.15, -0.1) is 0 Å². The van der Waals surface area contributed by atoms with E-state index in [1.165, 1.54) is 0 Å². The molecule has 1 amide bonds. The molecule has 0 radical (unpaired) electrons. The van der Waals surface area contributed by atoms with Gasteiger partial charge < -0.3 is 9.47 Å². The predicted octanol–water partition coefficient (Wildman–Crippen LogP) is 4.36. The Hall–Kier alpha value is -3.41. The summed E-state index contributed by atoms with van der Waals surface area (Å²) in [5, 5.41) is 0. The number of nitrogens with zero attached hydrogens (tertiary/aromatic N) is 5. The molecule has 0 unspecified atom stereocenters. The number of para-hydroxylation sites is 1. The van der Waals surface area contributed by atoms with Crippen molar-refractivity contribution in [3.05, 3.63) is 72.4 Å². The van der Waals surface area contributed by atoms with Gasteiger partial charge in [-0.05, 0) is 45.0 Å². The third-order valence-electron chi connectivity index (χ3n) is 4.90. The Labute approximate surface area is 164 Å². The number of imidazole rings is 2. The third kappa shape index (κ3) is 2.97. The zero-order valence-corrected chi connectivity index (χ0v) is 16.5. The summed E-state index contributed by atoms with van der Waals surface area (Å²) in [6.45, 7) is 6.21. The number of fused-ring (bicyclic) bond motifs is 1. The molecule has 1 aromatic carbocycles. The second-order valence-corrected chi connectivity index (χ2v) is 7.11. The van der Waals surface area contributed by atoms with E-state index in [2.05, 4.69) is 23.4 Å². The van der Waals surface area contributed by atoms with Crippen LogP contribution < -0.4 is 4.90 Å². The van der Waals surface area contributed by atoms with Crippen LogP contribution >= 0.6 is 0 Å². The molecule has 6 heteroatoms. The van der Waals surface area contributed by atoms with Gasteiger partial charge >= 0.3 is 0 Å². The maximum absolute atomic E-state index is 13.2. The van der Waals surface area contributed by atoms with E-state index in [1.807, 2.05) is 72.2 Å². The first kappa shape index (κ1) is 18.0. The van der Waals surface area contributed by atoms with Gasteiger partial charge in [-0.2, -0.15) is 0 Å². The molecule has 0 aliphatic carbocycles. The highest BCUT2D eigenvalue weighted by Gasteiger charge is 2.23. The number of aromatic nitrogens is 4. The molecule has 3 heterocycles. The number of pyridine rings is 1. The molecule has 0 aliphatic heterocycles. The number of hydrogen-bond acceptors (Lipinski definition) is 3. The van der Waals surface area contributed by atoms with Gasteiger partial charge in [0.25, 0.3) is 5.91 Å². The van der Waals surface area contributed by atoms with Crippen LogP contribution in [0.3, 0.4) is 0 Å². The number of amides is 1. The van der Waals surface area contributed by atoms with Gasteiger partial charge in [0.05, 0.1) is 5.52 Å². The van der Waals surface area contributed by atoms with E-state index >= 15 is 0 Å². The molecule has 142 valence electrons. The Kier molecular flexibility index (Phi) is 4.47. The van der Waals surface area contributed by atoms with Crippen molar-refractivity contribution in [3.8, 4) is 11.5 Å². The van der Waals surface area contributed by atoms with E-state index in [9.17, 15) is 4.79 Å². The predicted molar refractivity (Wildman–Crippen MR) is 111 cm³/mol.